The highest BCUT2D eigenvalue weighted by atomic mass is 35.5. The number of nitrogens with one attached hydrogen (secondary N) is 1. The maximum absolute atomic E-state index is 13.4. The van der Waals surface area contributed by atoms with Crippen LogP contribution in [0.2, 0.25) is 5.15 Å². The Morgan fingerprint density at radius 1 is 1.22 bits per heavy atom. The first-order valence-corrected chi connectivity index (χ1v) is 12.0. The number of anilines is 2. The highest BCUT2D eigenvalue weighted by Gasteiger charge is 2.60. The number of rotatable bonds is 6. The molecule has 1 aliphatic carbocycles. The van der Waals surface area contributed by atoms with E-state index < -0.39 is 12.0 Å². The number of fused-ring (bicyclic) bond motifs is 2. The van der Waals surface area contributed by atoms with E-state index in [-0.39, 0.29) is 40.1 Å². The minimum absolute atomic E-state index is 0.0809. The van der Waals surface area contributed by atoms with Crippen LogP contribution in [-0.2, 0) is 16.6 Å². The van der Waals surface area contributed by atoms with Crippen LogP contribution in [0.1, 0.15) is 34.6 Å². The standard InChI is InChI=1S/C25H26ClN5O5/c1-11-7-13(12(2)27-17-5-6-18(26)28-21(17)23(33)34)20-14(8-11)22(32)30(3)25(29-20)31-9-15-16(10-31)19(15)24(35)36-4/h5-8,12,15-16,19,27H,9-10H2,1-4H3,(H,33,34)/t12?,15-,16+,19?. The van der Waals surface area contributed by atoms with E-state index in [9.17, 15) is 19.5 Å². The number of nitrogens with zero attached hydrogens (tertiary/aromatic N) is 4. The number of carbonyl (C=O) groups excluding carboxylic acids is 1. The molecular formula is C25H26ClN5O5. The van der Waals surface area contributed by atoms with Gasteiger partial charge in [-0.2, -0.15) is 0 Å². The van der Waals surface area contributed by atoms with Gasteiger partial charge in [0, 0.05) is 25.7 Å². The van der Waals surface area contributed by atoms with Gasteiger partial charge in [0.2, 0.25) is 5.95 Å². The lowest BCUT2D eigenvalue weighted by atomic mass is 10.0. The first kappa shape index (κ1) is 24.1. The van der Waals surface area contributed by atoms with Crippen LogP contribution in [0, 0.1) is 24.7 Å². The molecule has 0 radical (unpaired) electrons. The van der Waals surface area contributed by atoms with Gasteiger partial charge < -0.3 is 20.1 Å². The molecule has 2 aromatic heterocycles. The maximum Gasteiger partial charge on any atom is 0.356 e. The normalized spacial score (nSPS) is 21.2. The van der Waals surface area contributed by atoms with Gasteiger partial charge in [0.1, 0.15) is 5.15 Å². The molecule has 0 spiro atoms. The van der Waals surface area contributed by atoms with Gasteiger partial charge in [-0.25, -0.2) is 14.8 Å². The number of aromatic nitrogens is 3. The molecule has 0 bridgehead atoms. The molecule has 2 N–H and O–H groups in total. The molecule has 1 aliphatic heterocycles. The summed E-state index contributed by atoms with van der Waals surface area (Å²) in [6.45, 7) is 5.03. The first-order valence-electron chi connectivity index (χ1n) is 11.6. The SMILES string of the molecule is COC(=O)C1[C@H]2CN(c3nc4c(C(C)Nc5ccc(Cl)nc5C(=O)O)cc(C)cc4c(=O)n3C)C[C@@H]12. The Labute approximate surface area is 211 Å². The molecule has 0 amide bonds. The van der Waals surface area contributed by atoms with Crippen molar-refractivity contribution in [1.29, 1.82) is 0 Å². The second kappa shape index (κ2) is 8.77. The topological polar surface area (TPSA) is 127 Å². The van der Waals surface area contributed by atoms with Gasteiger partial charge in [-0.05, 0) is 49.4 Å². The van der Waals surface area contributed by atoms with Crippen LogP contribution in [0.25, 0.3) is 10.9 Å². The second-order valence-electron chi connectivity index (χ2n) is 9.51. The number of ether oxygens (including phenoxy) is 1. The summed E-state index contributed by atoms with van der Waals surface area (Å²) in [6, 6.07) is 6.45. The fourth-order valence-electron chi connectivity index (χ4n) is 5.36. The van der Waals surface area contributed by atoms with Crippen molar-refractivity contribution in [3.05, 3.63) is 56.6 Å². The lowest BCUT2D eigenvalue weighted by molar-refractivity contribution is -0.142. The van der Waals surface area contributed by atoms with Crippen molar-refractivity contribution < 1.29 is 19.4 Å². The van der Waals surface area contributed by atoms with Crippen LogP contribution >= 0.6 is 11.6 Å². The quantitative estimate of drug-likeness (QED) is 0.379. The zero-order chi connectivity index (χ0) is 25.9. The van der Waals surface area contributed by atoms with Crippen molar-refractivity contribution in [1.82, 2.24) is 14.5 Å². The molecule has 1 aromatic carbocycles. The third kappa shape index (κ3) is 3.95. The Bertz CT molecular complexity index is 1460. The summed E-state index contributed by atoms with van der Waals surface area (Å²) in [5.41, 5.74) is 2.14. The molecule has 36 heavy (non-hydrogen) atoms. The number of pyridine rings is 1. The third-order valence-electron chi connectivity index (χ3n) is 7.18. The van der Waals surface area contributed by atoms with E-state index in [0.717, 1.165) is 11.1 Å². The zero-order valence-electron chi connectivity index (χ0n) is 20.3. The molecule has 4 atom stereocenters. The Morgan fingerprint density at radius 3 is 2.56 bits per heavy atom. The number of methoxy groups -OCH3 is 1. The average molecular weight is 512 g/mol. The number of carboxylic acids is 1. The predicted octanol–water partition coefficient (Wildman–Crippen LogP) is 3.02. The molecule has 2 unspecified atom stereocenters. The number of piperidine rings is 1. The van der Waals surface area contributed by atoms with Crippen LogP contribution in [0.4, 0.5) is 11.6 Å². The van der Waals surface area contributed by atoms with Crippen molar-refractivity contribution in [2.75, 3.05) is 30.4 Å². The van der Waals surface area contributed by atoms with Crippen LogP contribution in [0.3, 0.4) is 0 Å². The highest BCUT2D eigenvalue weighted by Crippen LogP contribution is 2.52. The Balaban J connectivity index is 1.52. The van der Waals surface area contributed by atoms with Crippen LogP contribution in [0.5, 0.6) is 0 Å². The van der Waals surface area contributed by atoms with Crippen molar-refractivity contribution in [2.24, 2.45) is 24.8 Å². The monoisotopic (exact) mass is 511 g/mol. The summed E-state index contributed by atoms with van der Waals surface area (Å²) in [5.74, 6) is -0.513. The minimum Gasteiger partial charge on any atom is -0.476 e. The van der Waals surface area contributed by atoms with Gasteiger partial charge in [0.25, 0.3) is 5.56 Å². The van der Waals surface area contributed by atoms with Gasteiger partial charge in [-0.3, -0.25) is 14.2 Å². The lowest BCUT2D eigenvalue weighted by Crippen LogP contribution is -2.33. The predicted molar refractivity (Wildman–Crippen MR) is 135 cm³/mol. The van der Waals surface area contributed by atoms with E-state index in [4.69, 9.17) is 21.3 Å². The summed E-state index contributed by atoms with van der Waals surface area (Å²) in [4.78, 5) is 47.9. The zero-order valence-corrected chi connectivity index (χ0v) is 21.0. The molecule has 188 valence electrons. The molecule has 3 aromatic rings. The third-order valence-corrected chi connectivity index (χ3v) is 7.39. The molecule has 3 heterocycles. The summed E-state index contributed by atoms with van der Waals surface area (Å²) in [7, 11) is 3.11. The number of carboxylic acid groups (broad SMARTS) is 1. The minimum atomic E-state index is -1.20. The summed E-state index contributed by atoms with van der Waals surface area (Å²) >= 11 is 5.89. The molecular weight excluding hydrogens is 486 g/mol. The molecule has 2 aliphatic rings. The number of aromatic carboxylic acids is 1. The van der Waals surface area contributed by atoms with Crippen LogP contribution in [0.15, 0.2) is 29.1 Å². The average Bonchev–Trinajstić information content (AvgIpc) is 3.34. The fraction of sp³-hybridized carbons (Fsp3) is 0.400. The maximum atomic E-state index is 13.4. The summed E-state index contributed by atoms with van der Waals surface area (Å²) in [6.07, 6.45) is 0. The number of esters is 1. The molecule has 10 nitrogen and oxygen atoms in total. The van der Waals surface area contributed by atoms with Gasteiger partial charge in [-0.1, -0.05) is 17.7 Å². The molecule has 2 fully saturated rings. The number of hydrogen-bond donors (Lipinski definition) is 2. The van der Waals surface area contributed by atoms with Gasteiger partial charge in [0.15, 0.2) is 5.69 Å². The highest BCUT2D eigenvalue weighted by molar-refractivity contribution is 6.29. The van der Waals surface area contributed by atoms with Gasteiger partial charge in [0.05, 0.1) is 35.7 Å². The van der Waals surface area contributed by atoms with Crippen molar-refractivity contribution in [3.8, 4) is 0 Å². The molecule has 11 heteroatoms. The molecule has 1 saturated heterocycles. The van der Waals surface area contributed by atoms with Crippen molar-refractivity contribution >= 4 is 46.1 Å². The van der Waals surface area contributed by atoms with Crippen molar-refractivity contribution in [3.63, 3.8) is 0 Å². The lowest BCUT2D eigenvalue weighted by Gasteiger charge is -2.24. The summed E-state index contributed by atoms with van der Waals surface area (Å²) < 4.78 is 6.45. The van der Waals surface area contributed by atoms with E-state index in [2.05, 4.69) is 10.3 Å². The number of benzene rings is 1. The number of halogens is 1. The Kier molecular flexibility index (Phi) is 5.86. The van der Waals surface area contributed by atoms with E-state index in [0.29, 0.717) is 35.6 Å². The first-order chi connectivity index (χ1) is 17.1. The molecule has 5 rings (SSSR count). The van der Waals surface area contributed by atoms with E-state index in [1.165, 1.54) is 13.2 Å². The van der Waals surface area contributed by atoms with Crippen molar-refractivity contribution in [2.45, 2.75) is 19.9 Å². The Hall–Kier alpha value is -3.66. The van der Waals surface area contributed by atoms with E-state index in [1.54, 1.807) is 17.7 Å². The van der Waals surface area contributed by atoms with Gasteiger partial charge >= 0.3 is 11.9 Å². The van der Waals surface area contributed by atoms with Crippen LogP contribution in [-0.4, -0.2) is 51.8 Å². The molecule has 1 saturated carbocycles. The van der Waals surface area contributed by atoms with Crippen LogP contribution < -0.4 is 15.8 Å². The van der Waals surface area contributed by atoms with Gasteiger partial charge in [-0.15, -0.1) is 0 Å². The second-order valence-corrected chi connectivity index (χ2v) is 9.90. The smallest absolute Gasteiger partial charge is 0.356 e. The number of carbonyl (C=O) groups is 2. The van der Waals surface area contributed by atoms with E-state index >= 15 is 0 Å². The van der Waals surface area contributed by atoms with E-state index in [1.807, 2.05) is 30.9 Å². The fourth-order valence-corrected chi connectivity index (χ4v) is 5.50. The number of hydrogen-bond acceptors (Lipinski definition) is 8. The number of aryl methyl sites for hydroxylation is 1. The Morgan fingerprint density at radius 2 is 1.92 bits per heavy atom. The summed E-state index contributed by atoms with van der Waals surface area (Å²) in [5, 5.41) is 13.3. The largest absolute Gasteiger partial charge is 0.476 e.